The molecule has 1 aromatic carbocycles. The Morgan fingerprint density at radius 1 is 1.47 bits per heavy atom. The largest absolute Gasteiger partial charge is 0.269 e. The molecule has 0 radical (unpaired) electrons. The van der Waals surface area contributed by atoms with E-state index in [-0.39, 0.29) is 5.69 Å². The Balaban J connectivity index is 2.69. The average molecular weight is 250 g/mol. The molecule has 0 aliphatic rings. The van der Waals surface area contributed by atoms with E-state index in [4.69, 9.17) is 5.26 Å². The lowest BCUT2D eigenvalue weighted by atomic mass is 9.94. The Bertz CT molecular complexity index is 412. The number of nitro benzene ring substituents is 1. The van der Waals surface area contributed by atoms with Crippen molar-refractivity contribution in [1.29, 1.82) is 5.26 Å². The monoisotopic (exact) mass is 250 g/mol. The van der Waals surface area contributed by atoms with E-state index in [1.54, 1.807) is 0 Å². The third-order valence-electron chi connectivity index (χ3n) is 2.70. The van der Waals surface area contributed by atoms with Crippen LogP contribution in [0.4, 0.5) is 5.69 Å². The smallest absolute Gasteiger partial charge is 0.258 e. The van der Waals surface area contributed by atoms with Gasteiger partial charge in [0.05, 0.1) is 4.92 Å². The van der Waals surface area contributed by atoms with Crippen LogP contribution in [0.2, 0.25) is 0 Å². The Hall–Kier alpha value is -1.54. The number of hydrogen-bond donors (Lipinski definition) is 0. The van der Waals surface area contributed by atoms with Gasteiger partial charge in [-0.05, 0) is 36.1 Å². The molecule has 0 aromatic heterocycles. The van der Waals surface area contributed by atoms with E-state index in [2.05, 4.69) is 12.3 Å². The highest BCUT2D eigenvalue weighted by molar-refractivity contribution is 8.03. The maximum absolute atomic E-state index is 10.5. The van der Waals surface area contributed by atoms with Crippen molar-refractivity contribution in [2.45, 2.75) is 25.7 Å². The first-order chi connectivity index (χ1) is 8.19. The van der Waals surface area contributed by atoms with Crippen molar-refractivity contribution in [1.82, 2.24) is 0 Å². The van der Waals surface area contributed by atoms with Crippen LogP contribution < -0.4 is 0 Å². The predicted octanol–water partition coefficient (Wildman–Crippen LogP) is 3.69. The molecule has 0 fully saturated rings. The summed E-state index contributed by atoms with van der Waals surface area (Å²) in [6.45, 7) is 2.09. The van der Waals surface area contributed by atoms with Crippen molar-refractivity contribution in [3.8, 4) is 5.40 Å². The highest BCUT2D eigenvalue weighted by Gasteiger charge is 2.11. The number of benzene rings is 1. The Kier molecular flexibility index (Phi) is 5.50. The van der Waals surface area contributed by atoms with Crippen LogP contribution in [0.15, 0.2) is 24.3 Å². The lowest BCUT2D eigenvalue weighted by Gasteiger charge is -2.13. The first kappa shape index (κ1) is 13.5. The molecule has 0 spiro atoms. The summed E-state index contributed by atoms with van der Waals surface area (Å²) in [7, 11) is 0. The molecule has 0 aliphatic carbocycles. The van der Waals surface area contributed by atoms with Crippen LogP contribution in [0.3, 0.4) is 0 Å². The lowest BCUT2D eigenvalue weighted by molar-refractivity contribution is -0.384. The zero-order chi connectivity index (χ0) is 12.7. The van der Waals surface area contributed by atoms with Gasteiger partial charge in [-0.3, -0.25) is 10.1 Å². The Morgan fingerprint density at radius 2 is 2.12 bits per heavy atom. The summed E-state index contributed by atoms with van der Waals surface area (Å²) >= 11 is 1.25. The number of non-ortho nitro benzene ring substituents is 1. The van der Waals surface area contributed by atoms with Crippen molar-refractivity contribution in [3.63, 3.8) is 0 Å². The molecular weight excluding hydrogens is 236 g/mol. The molecule has 4 nitrogen and oxygen atoms in total. The molecular formula is C12H14N2O2S. The van der Waals surface area contributed by atoms with Crippen LogP contribution in [-0.2, 0) is 0 Å². The number of nitrogens with zero attached hydrogens (tertiary/aromatic N) is 2. The molecule has 1 unspecified atom stereocenters. The summed E-state index contributed by atoms with van der Waals surface area (Å²) in [4.78, 5) is 10.1. The number of rotatable bonds is 6. The second-order valence-electron chi connectivity index (χ2n) is 3.68. The summed E-state index contributed by atoms with van der Waals surface area (Å²) in [5, 5.41) is 21.0. The molecule has 1 aromatic rings. The molecule has 90 valence electrons. The molecule has 0 N–H and O–H groups in total. The van der Waals surface area contributed by atoms with Crippen molar-refractivity contribution < 1.29 is 4.92 Å². The number of nitriles is 1. The molecule has 0 saturated heterocycles. The fourth-order valence-corrected chi connectivity index (χ4v) is 2.22. The summed E-state index contributed by atoms with van der Waals surface area (Å²) < 4.78 is 0. The maximum Gasteiger partial charge on any atom is 0.269 e. The van der Waals surface area contributed by atoms with E-state index in [1.807, 2.05) is 12.1 Å². The molecule has 0 amide bonds. The predicted molar refractivity (Wildman–Crippen MR) is 68.8 cm³/mol. The normalized spacial score (nSPS) is 11.8. The fourth-order valence-electron chi connectivity index (χ4n) is 1.72. The van der Waals surface area contributed by atoms with Crippen LogP contribution in [0.5, 0.6) is 0 Å². The molecule has 0 bridgehead atoms. The molecule has 0 saturated carbocycles. The van der Waals surface area contributed by atoms with Crippen molar-refractivity contribution in [3.05, 3.63) is 39.9 Å². The van der Waals surface area contributed by atoms with Gasteiger partial charge in [0.1, 0.15) is 5.40 Å². The van der Waals surface area contributed by atoms with Gasteiger partial charge in [-0.15, -0.1) is 0 Å². The number of thiocyanates is 1. The molecule has 0 heterocycles. The minimum atomic E-state index is -0.393. The van der Waals surface area contributed by atoms with Gasteiger partial charge >= 0.3 is 0 Å². The zero-order valence-corrected chi connectivity index (χ0v) is 10.4. The molecule has 0 aliphatic heterocycles. The van der Waals surface area contributed by atoms with Crippen molar-refractivity contribution in [2.75, 3.05) is 5.75 Å². The Labute approximate surface area is 105 Å². The average Bonchev–Trinajstić information content (AvgIpc) is 2.35. The lowest BCUT2D eigenvalue weighted by Crippen LogP contribution is -1.99. The second kappa shape index (κ2) is 6.92. The molecule has 1 atom stereocenters. The third-order valence-corrected chi connectivity index (χ3v) is 3.27. The van der Waals surface area contributed by atoms with Crippen LogP contribution in [0, 0.1) is 20.8 Å². The molecule has 1 rings (SSSR count). The van der Waals surface area contributed by atoms with Crippen molar-refractivity contribution in [2.24, 2.45) is 0 Å². The van der Waals surface area contributed by atoms with E-state index < -0.39 is 4.92 Å². The van der Waals surface area contributed by atoms with Gasteiger partial charge in [-0.25, -0.2) is 0 Å². The minimum Gasteiger partial charge on any atom is -0.258 e. The van der Waals surface area contributed by atoms with Gasteiger partial charge in [-0.2, -0.15) is 5.26 Å². The fraction of sp³-hybridized carbons (Fsp3) is 0.417. The topological polar surface area (TPSA) is 66.9 Å². The van der Waals surface area contributed by atoms with Crippen LogP contribution >= 0.6 is 11.8 Å². The van der Waals surface area contributed by atoms with Crippen LogP contribution in [0.25, 0.3) is 0 Å². The maximum atomic E-state index is 10.5. The SMILES string of the molecule is CCC(CCSC#N)c1ccc([N+](=O)[O-])cc1. The van der Waals surface area contributed by atoms with Gasteiger partial charge < -0.3 is 0 Å². The highest BCUT2D eigenvalue weighted by Crippen LogP contribution is 2.26. The van der Waals surface area contributed by atoms with Crippen molar-refractivity contribution >= 4 is 17.4 Å². The first-order valence-corrected chi connectivity index (χ1v) is 6.42. The summed E-state index contributed by atoms with van der Waals surface area (Å²) in [5.74, 6) is 1.17. The van der Waals surface area contributed by atoms with Gasteiger partial charge in [-0.1, -0.05) is 19.1 Å². The third kappa shape index (κ3) is 4.08. The standard InChI is InChI=1S/C12H14N2O2S/c1-2-10(7-8-17-9-13)11-3-5-12(6-4-11)14(15)16/h3-6,10H,2,7-8H2,1H3. The van der Waals surface area contributed by atoms with E-state index >= 15 is 0 Å². The van der Waals surface area contributed by atoms with Gasteiger partial charge in [0.15, 0.2) is 0 Å². The second-order valence-corrected chi connectivity index (χ2v) is 4.56. The molecule has 17 heavy (non-hydrogen) atoms. The first-order valence-electron chi connectivity index (χ1n) is 5.44. The van der Waals surface area contributed by atoms with Crippen LogP contribution in [-0.4, -0.2) is 10.7 Å². The van der Waals surface area contributed by atoms with Gasteiger partial charge in [0, 0.05) is 17.9 Å². The highest BCUT2D eigenvalue weighted by atomic mass is 32.2. The van der Waals surface area contributed by atoms with E-state index in [9.17, 15) is 10.1 Å². The van der Waals surface area contributed by atoms with Crippen LogP contribution in [0.1, 0.15) is 31.2 Å². The quantitative estimate of drug-likeness (QED) is 0.334. The number of nitro groups is 1. The number of thioether (sulfide) groups is 1. The van der Waals surface area contributed by atoms with E-state index in [0.717, 1.165) is 24.2 Å². The minimum absolute atomic E-state index is 0.120. The number of hydrogen-bond acceptors (Lipinski definition) is 4. The molecule has 5 heteroatoms. The van der Waals surface area contributed by atoms with Gasteiger partial charge in [0.25, 0.3) is 5.69 Å². The van der Waals surface area contributed by atoms with E-state index in [1.165, 1.54) is 23.9 Å². The summed E-state index contributed by atoms with van der Waals surface area (Å²) in [5.41, 5.74) is 1.23. The Morgan fingerprint density at radius 3 is 2.59 bits per heavy atom. The summed E-state index contributed by atoms with van der Waals surface area (Å²) in [6.07, 6.45) is 1.90. The zero-order valence-electron chi connectivity index (χ0n) is 9.63. The summed E-state index contributed by atoms with van der Waals surface area (Å²) in [6, 6.07) is 6.69. The van der Waals surface area contributed by atoms with E-state index in [0.29, 0.717) is 5.92 Å². The van der Waals surface area contributed by atoms with Gasteiger partial charge in [0.2, 0.25) is 0 Å².